The summed E-state index contributed by atoms with van der Waals surface area (Å²) in [4.78, 5) is 24.6. The van der Waals surface area contributed by atoms with Crippen molar-refractivity contribution < 1.29 is 14.3 Å². The van der Waals surface area contributed by atoms with E-state index in [-0.39, 0.29) is 11.2 Å². The molecule has 0 bridgehead atoms. The van der Waals surface area contributed by atoms with Crippen LogP contribution in [0.1, 0.15) is 26.7 Å². The molecule has 36 heavy (non-hydrogen) atoms. The monoisotopic (exact) mass is 527 g/mol. The summed E-state index contributed by atoms with van der Waals surface area (Å²) < 4.78 is 13.5. The van der Waals surface area contributed by atoms with Gasteiger partial charge in [-0.05, 0) is 19.8 Å². The lowest BCUT2D eigenvalue weighted by Crippen LogP contribution is -2.58. The van der Waals surface area contributed by atoms with Crippen molar-refractivity contribution in [2.75, 3.05) is 67.5 Å². The van der Waals surface area contributed by atoms with Gasteiger partial charge in [-0.25, -0.2) is 14.2 Å². The van der Waals surface area contributed by atoms with Gasteiger partial charge in [-0.3, -0.25) is 15.4 Å². The minimum absolute atomic E-state index is 0.0281. The Kier molecular flexibility index (Phi) is 11.2. The number of piperazine rings is 1. The molecule has 0 saturated carbocycles. The number of hydrazine groups is 1. The van der Waals surface area contributed by atoms with E-state index in [2.05, 4.69) is 21.8 Å². The fourth-order valence-corrected chi connectivity index (χ4v) is 4.93. The number of amidine groups is 1. The second-order valence-electron chi connectivity index (χ2n) is 8.73. The number of likely N-dealkylation sites (tertiary alicyclic amines) is 1. The maximum Gasteiger partial charge on any atom is 0.320 e. The number of allylic oxidation sites excluding steroid dienone is 1. The molecule has 2 heterocycles. The number of alkyl halides is 1. The van der Waals surface area contributed by atoms with E-state index in [0.717, 1.165) is 17.5 Å². The maximum absolute atomic E-state index is 13.5. The largest absolute Gasteiger partial charge is 0.391 e. The number of urea groups is 1. The van der Waals surface area contributed by atoms with Gasteiger partial charge in [0, 0.05) is 73.7 Å². The normalized spacial score (nSPS) is 20.1. The van der Waals surface area contributed by atoms with Crippen LogP contribution in [0.2, 0.25) is 0 Å². The molecular formula is C23H42FN9O2S. The first kappa shape index (κ1) is 29.6. The van der Waals surface area contributed by atoms with E-state index in [1.165, 1.54) is 13.1 Å². The number of amides is 2. The Balaban J connectivity index is 2.16. The van der Waals surface area contributed by atoms with Crippen LogP contribution in [0.25, 0.3) is 0 Å². The zero-order valence-electron chi connectivity index (χ0n) is 22.4. The standard InChI is InChI=1S/C23H42FN9O2S/c1-8-19(20(26-4)28(5)21(25)36-17(3)24)29(6)30(7)22(27-9-2)31-12-14-32(15-13-31)23(35)33-11-10-18(34)16-33/h9,17-18,25-26,34H,2,8,10-16H2,1,3-7H3/b20-19+,25-21?,27-22+/t17?,18-/m1/s1. The number of aliphatic hydroxyl groups is 1. The first-order valence-corrected chi connectivity index (χ1v) is 13.1. The highest BCUT2D eigenvalue weighted by Crippen LogP contribution is 2.22. The van der Waals surface area contributed by atoms with Gasteiger partial charge in [0.1, 0.15) is 11.3 Å². The number of β-amino-alcohol motifs (C(OH)–C–C–N with tert-alkyl or cyclic N) is 1. The Labute approximate surface area is 218 Å². The average Bonchev–Trinajstić information content (AvgIpc) is 3.30. The topological polar surface area (TPSA) is 105 Å². The molecule has 0 aromatic carbocycles. The molecule has 2 fully saturated rings. The van der Waals surface area contributed by atoms with E-state index in [1.54, 1.807) is 23.9 Å². The number of hydrogen-bond acceptors (Lipinski definition) is 7. The molecule has 1 unspecified atom stereocenters. The summed E-state index contributed by atoms with van der Waals surface area (Å²) in [6.07, 6.45) is 2.34. The molecule has 2 rings (SSSR count). The van der Waals surface area contributed by atoms with Crippen LogP contribution in [0.3, 0.4) is 0 Å². The van der Waals surface area contributed by atoms with Gasteiger partial charge < -0.3 is 30.0 Å². The summed E-state index contributed by atoms with van der Waals surface area (Å²) in [5.74, 6) is 1.37. The molecule has 2 atom stereocenters. The Morgan fingerprint density at radius 2 is 1.83 bits per heavy atom. The Hall–Kier alpha value is -2.67. The number of guanidine groups is 1. The van der Waals surface area contributed by atoms with Gasteiger partial charge >= 0.3 is 6.03 Å². The van der Waals surface area contributed by atoms with E-state index in [0.29, 0.717) is 63.9 Å². The number of nitrogens with zero attached hydrogens (tertiary/aromatic N) is 7. The summed E-state index contributed by atoms with van der Waals surface area (Å²) in [6.45, 7) is 10.5. The summed E-state index contributed by atoms with van der Waals surface area (Å²) >= 11 is 0.845. The first-order chi connectivity index (χ1) is 17.0. The van der Waals surface area contributed by atoms with Crippen LogP contribution in [0.5, 0.6) is 0 Å². The van der Waals surface area contributed by atoms with Gasteiger partial charge in [0.05, 0.1) is 11.8 Å². The van der Waals surface area contributed by atoms with Crippen LogP contribution >= 0.6 is 11.8 Å². The van der Waals surface area contributed by atoms with Crippen LogP contribution in [-0.2, 0) is 0 Å². The van der Waals surface area contributed by atoms with Crippen molar-refractivity contribution in [2.24, 2.45) is 4.99 Å². The second-order valence-corrected chi connectivity index (χ2v) is 10.00. The van der Waals surface area contributed by atoms with Gasteiger partial charge in [-0.1, -0.05) is 25.3 Å². The molecule has 0 aliphatic carbocycles. The van der Waals surface area contributed by atoms with Crippen LogP contribution in [0.15, 0.2) is 29.3 Å². The van der Waals surface area contributed by atoms with Gasteiger partial charge in [0.25, 0.3) is 0 Å². The van der Waals surface area contributed by atoms with Crippen molar-refractivity contribution in [3.05, 3.63) is 24.3 Å². The molecule has 0 spiro atoms. The van der Waals surface area contributed by atoms with Crippen LogP contribution in [0.4, 0.5) is 9.18 Å². The predicted octanol–water partition coefficient (Wildman–Crippen LogP) is 1.78. The molecule has 11 nitrogen and oxygen atoms in total. The lowest BCUT2D eigenvalue weighted by Gasteiger charge is -2.43. The molecule has 3 N–H and O–H groups in total. The zero-order valence-corrected chi connectivity index (χ0v) is 23.2. The molecule has 13 heteroatoms. The summed E-state index contributed by atoms with van der Waals surface area (Å²) in [5, 5.41) is 25.1. The molecule has 0 aromatic heterocycles. The van der Waals surface area contributed by atoms with Gasteiger partial charge in [0.15, 0.2) is 5.17 Å². The van der Waals surface area contributed by atoms with Gasteiger partial charge in [-0.15, -0.1) is 0 Å². The van der Waals surface area contributed by atoms with Crippen molar-refractivity contribution in [1.82, 2.24) is 34.9 Å². The smallest absolute Gasteiger partial charge is 0.320 e. The number of carbonyl (C=O) groups is 1. The van der Waals surface area contributed by atoms with E-state index in [1.807, 2.05) is 35.9 Å². The highest BCUT2D eigenvalue weighted by Gasteiger charge is 2.32. The average molecular weight is 528 g/mol. The third kappa shape index (κ3) is 7.19. The minimum Gasteiger partial charge on any atom is -0.391 e. The number of hydrogen-bond donors (Lipinski definition) is 3. The number of thioether (sulfide) groups is 1. The fourth-order valence-electron chi connectivity index (χ4n) is 4.37. The zero-order chi connectivity index (χ0) is 27.0. The van der Waals surface area contributed by atoms with Crippen molar-refractivity contribution in [1.29, 1.82) is 5.41 Å². The third-order valence-corrected chi connectivity index (χ3v) is 7.18. The lowest BCUT2D eigenvalue weighted by molar-refractivity contribution is 0.0997. The van der Waals surface area contributed by atoms with Crippen molar-refractivity contribution >= 4 is 28.9 Å². The quantitative estimate of drug-likeness (QED) is 0.262. The number of nitrogens with one attached hydrogen (secondary N) is 2. The van der Waals surface area contributed by atoms with E-state index in [9.17, 15) is 14.3 Å². The first-order valence-electron chi connectivity index (χ1n) is 12.2. The van der Waals surface area contributed by atoms with Crippen LogP contribution in [0, 0.1) is 5.41 Å². The third-order valence-electron chi connectivity index (χ3n) is 6.36. The van der Waals surface area contributed by atoms with E-state index < -0.39 is 11.6 Å². The number of aliphatic imine (C=N–C) groups is 1. The summed E-state index contributed by atoms with van der Waals surface area (Å²) in [7, 11) is 7.33. The van der Waals surface area contributed by atoms with E-state index in [4.69, 9.17) is 5.41 Å². The molecular weight excluding hydrogens is 485 g/mol. The SMILES string of the molecule is C=C/N=C(/N1CCN(C(=O)N2CC[C@@H](O)C2)CC1)N(C)N(C)/C(CC)=C(\NC)N(C)C(=N)SC(C)F. The molecule has 0 radical (unpaired) electrons. The Bertz CT molecular complexity index is 845. The minimum atomic E-state index is -1.18. The number of rotatable bonds is 7. The Morgan fingerprint density at radius 3 is 2.31 bits per heavy atom. The Morgan fingerprint density at radius 1 is 1.22 bits per heavy atom. The molecule has 204 valence electrons. The highest BCUT2D eigenvalue weighted by atomic mass is 32.2. The fraction of sp³-hybridized carbons (Fsp3) is 0.696. The molecule has 2 aliphatic rings. The number of halogens is 1. The van der Waals surface area contributed by atoms with Crippen molar-refractivity contribution in [2.45, 2.75) is 38.3 Å². The van der Waals surface area contributed by atoms with E-state index >= 15 is 0 Å². The van der Waals surface area contributed by atoms with Crippen LogP contribution in [-0.4, -0.2) is 131 Å². The van der Waals surface area contributed by atoms with Gasteiger partial charge in [0.2, 0.25) is 5.96 Å². The number of carbonyl (C=O) groups excluding carboxylic acids is 1. The molecule has 2 amide bonds. The van der Waals surface area contributed by atoms with Crippen molar-refractivity contribution in [3.8, 4) is 0 Å². The second kappa shape index (κ2) is 13.6. The van der Waals surface area contributed by atoms with Gasteiger partial charge in [-0.2, -0.15) is 0 Å². The predicted molar refractivity (Wildman–Crippen MR) is 144 cm³/mol. The summed E-state index contributed by atoms with van der Waals surface area (Å²) in [5.41, 5.74) is -0.298. The molecule has 0 aromatic rings. The number of aliphatic hydroxyl groups excluding tert-OH is 1. The lowest BCUT2D eigenvalue weighted by atomic mass is 10.3. The summed E-state index contributed by atoms with van der Waals surface area (Å²) in [6, 6.07) is -0.0281. The maximum atomic E-state index is 13.5. The highest BCUT2D eigenvalue weighted by molar-refractivity contribution is 8.14. The van der Waals surface area contributed by atoms with Crippen molar-refractivity contribution in [3.63, 3.8) is 0 Å². The molecule has 2 aliphatic heterocycles. The van der Waals surface area contributed by atoms with Crippen LogP contribution < -0.4 is 5.32 Å². The molecule has 2 saturated heterocycles.